The molecule has 0 aromatic heterocycles. The summed E-state index contributed by atoms with van der Waals surface area (Å²) in [4.78, 5) is 1.62. The summed E-state index contributed by atoms with van der Waals surface area (Å²) in [6.07, 6.45) is 1.88. The van der Waals surface area contributed by atoms with E-state index >= 15 is 0 Å². The molecule has 5 heteroatoms. The van der Waals surface area contributed by atoms with Crippen LogP contribution in [0, 0.1) is 13.8 Å². The van der Waals surface area contributed by atoms with Crippen molar-refractivity contribution >= 4 is 6.21 Å². The van der Waals surface area contributed by atoms with E-state index in [9.17, 15) is 0 Å². The second-order valence-electron chi connectivity index (χ2n) is 7.16. The average Bonchev–Trinajstić information content (AvgIpc) is 2.69. The van der Waals surface area contributed by atoms with Crippen LogP contribution < -0.4 is 14.4 Å². The van der Waals surface area contributed by atoms with Crippen LogP contribution >= 0.6 is 0 Å². The van der Waals surface area contributed by atoms with E-state index in [0.29, 0.717) is 0 Å². The van der Waals surface area contributed by atoms with Crippen LogP contribution in [0.3, 0.4) is 0 Å². The first-order chi connectivity index (χ1) is 13.1. The van der Waals surface area contributed by atoms with Crippen molar-refractivity contribution in [2.24, 2.45) is 5.10 Å². The molecule has 5 nitrogen and oxygen atoms in total. The van der Waals surface area contributed by atoms with Gasteiger partial charge in [0.2, 0.25) is 0 Å². The number of hydrazone groups is 1. The van der Waals surface area contributed by atoms with Crippen molar-refractivity contribution in [2.75, 3.05) is 40.4 Å². The Morgan fingerprint density at radius 1 is 1.04 bits per heavy atom. The predicted octanol–water partition coefficient (Wildman–Crippen LogP) is 2.06. The molecule has 144 valence electrons. The minimum Gasteiger partial charge on any atom is -0.497 e. The normalized spacial score (nSPS) is 15.3. The summed E-state index contributed by atoms with van der Waals surface area (Å²) >= 11 is 0. The molecule has 27 heavy (non-hydrogen) atoms. The fourth-order valence-corrected chi connectivity index (χ4v) is 3.49. The molecule has 1 heterocycles. The number of rotatable bonds is 6. The van der Waals surface area contributed by atoms with Gasteiger partial charge in [0.15, 0.2) is 0 Å². The number of ether oxygens (including phenoxy) is 2. The largest absolute Gasteiger partial charge is 0.497 e. The molecule has 0 atom stereocenters. The molecule has 0 unspecified atom stereocenters. The lowest BCUT2D eigenvalue weighted by atomic mass is 10.1. The van der Waals surface area contributed by atoms with Gasteiger partial charge in [0.25, 0.3) is 0 Å². The van der Waals surface area contributed by atoms with E-state index in [1.54, 1.807) is 19.1 Å². The SMILES string of the molecule is COc1ccc(C=NN2CC[NH+](Cc3ccc(C)cc3C)CC2)c(OC)c1. The number of quaternary nitrogens is 1. The van der Waals surface area contributed by atoms with Crippen LogP contribution in [-0.4, -0.2) is 51.6 Å². The van der Waals surface area contributed by atoms with E-state index in [0.717, 1.165) is 49.8 Å². The molecule has 0 spiro atoms. The predicted molar refractivity (Wildman–Crippen MR) is 109 cm³/mol. The second-order valence-corrected chi connectivity index (χ2v) is 7.16. The molecule has 0 aliphatic carbocycles. The van der Waals surface area contributed by atoms with Crippen LogP contribution in [0.4, 0.5) is 0 Å². The monoisotopic (exact) mass is 368 g/mol. The molecule has 0 saturated carbocycles. The topological polar surface area (TPSA) is 38.5 Å². The minimum atomic E-state index is 0.775. The first-order valence-electron chi connectivity index (χ1n) is 9.49. The van der Waals surface area contributed by atoms with Gasteiger partial charge in [0.05, 0.1) is 46.6 Å². The summed E-state index contributed by atoms with van der Waals surface area (Å²) in [5.41, 5.74) is 5.15. The van der Waals surface area contributed by atoms with Gasteiger partial charge in [-0.25, -0.2) is 0 Å². The van der Waals surface area contributed by atoms with E-state index in [1.165, 1.54) is 16.7 Å². The van der Waals surface area contributed by atoms with Crippen molar-refractivity contribution in [2.45, 2.75) is 20.4 Å². The van der Waals surface area contributed by atoms with Gasteiger partial charge in [0, 0.05) is 17.2 Å². The highest BCUT2D eigenvalue weighted by Crippen LogP contribution is 2.23. The summed E-state index contributed by atoms with van der Waals surface area (Å²) in [7, 11) is 3.32. The highest BCUT2D eigenvalue weighted by atomic mass is 16.5. The fraction of sp³-hybridized carbons (Fsp3) is 0.409. The van der Waals surface area contributed by atoms with Gasteiger partial charge in [-0.15, -0.1) is 0 Å². The Kier molecular flexibility index (Phi) is 6.35. The Bertz CT molecular complexity index is 796. The van der Waals surface area contributed by atoms with Crippen LogP contribution in [0.25, 0.3) is 0 Å². The van der Waals surface area contributed by atoms with E-state index in [1.807, 2.05) is 24.4 Å². The highest BCUT2D eigenvalue weighted by Gasteiger charge is 2.19. The average molecular weight is 369 g/mol. The first-order valence-corrected chi connectivity index (χ1v) is 9.49. The van der Waals surface area contributed by atoms with Crippen molar-refractivity contribution in [1.82, 2.24) is 5.01 Å². The number of nitrogens with zero attached hydrogens (tertiary/aromatic N) is 2. The Labute approximate surface area is 162 Å². The molecule has 0 amide bonds. The summed E-state index contributed by atoms with van der Waals surface area (Å²) < 4.78 is 10.7. The summed E-state index contributed by atoms with van der Waals surface area (Å²) in [6.45, 7) is 9.60. The molecular weight excluding hydrogens is 338 g/mol. The quantitative estimate of drug-likeness (QED) is 0.794. The van der Waals surface area contributed by atoms with E-state index in [2.05, 4.69) is 42.2 Å². The Balaban J connectivity index is 1.55. The lowest BCUT2D eigenvalue weighted by Gasteiger charge is -2.30. The van der Waals surface area contributed by atoms with Crippen LogP contribution in [0.1, 0.15) is 22.3 Å². The molecule has 2 aromatic carbocycles. The molecule has 1 fully saturated rings. The Hall–Kier alpha value is -2.53. The van der Waals surface area contributed by atoms with Gasteiger partial charge < -0.3 is 14.4 Å². The number of hydrogen-bond donors (Lipinski definition) is 1. The van der Waals surface area contributed by atoms with Crippen LogP contribution in [0.15, 0.2) is 41.5 Å². The number of methoxy groups -OCH3 is 2. The number of hydrogen-bond acceptors (Lipinski definition) is 4. The van der Waals surface area contributed by atoms with Gasteiger partial charge in [0.1, 0.15) is 18.0 Å². The fourth-order valence-electron chi connectivity index (χ4n) is 3.49. The third-order valence-corrected chi connectivity index (χ3v) is 5.19. The van der Waals surface area contributed by atoms with Gasteiger partial charge in [-0.1, -0.05) is 23.8 Å². The molecule has 1 N–H and O–H groups in total. The zero-order chi connectivity index (χ0) is 19.2. The van der Waals surface area contributed by atoms with Crippen LogP contribution in [-0.2, 0) is 6.54 Å². The zero-order valence-corrected chi connectivity index (χ0v) is 16.8. The lowest BCUT2D eigenvalue weighted by molar-refractivity contribution is -0.918. The van der Waals surface area contributed by atoms with Gasteiger partial charge in [-0.05, 0) is 31.5 Å². The van der Waals surface area contributed by atoms with Crippen molar-refractivity contribution in [3.05, 3.63) is 58.7 Å². The van der Waals surface area contributed by atoms with Gasteiger partial charge >= 0.3 is 0 Å². The second kappa shape index (κ2) is 8.91. The minimum absolute atomic E-state index is 0.775. The molecule has 3 rings (SSSR count). The van der Waals surface area contributed by atoms with Crippen molar-refractivity contribution in [1.29, 1.82) is 0 Å². The van der Waals surface area contributed by atoms with E-state index in [-0.39, 0.29) is 0 Å². The Morgan fingerprint density at radius 3 is 2.48 bits per heavy atom. The Morgan fingerprint density at radius 2 is 1.81 bits per heavy atom. The van der Waals surface area contributed by atoms with Gasteiger partial charge in [-0.2, -0.15) is 5.10 Å². The van der Waals surface area contributed by atoms with Crippen LogP contribution in [0.5, 0.6) is 11.5 Å². The highest BCUT2D eigenvalue weighted by molar-refractivity contribution is 5.83. The third-order valence-electron chi connectivity index (χ3n) is 5.19. The molecule has 2 aromatic rings. The maximum Gasteiger partial charge on any atom is 0.131 e. The first kappa shape index (κ1) is 19.2. The summed E-state index contributed by atoms with van der Waals surface area (Å²) in [6, 6.07) is 12.5. The molecule has 0 radical (unpaired) electrons. The van der Waals surface area contributed by atoms with Crippen molar-refractivity contribution < 1.29 is 14.4 Å². The molecule has 0 bridgehead atoms. The molecule has 1 aliphatic rings. The molecule has 1 saturated heterocycles. The maximum absolute atomic E-state index is 5.44. The number of nitrogens with one attached hydrogen (secondary N) is 1. The zero-order valence-electron chi connectivity index (χ0n) is 16.8. The lowest BCUT2D eigenvalue weighted by Crippen LogP contribution is -3.13. The molecular formula is C22H30N3O2+. The van der Waals surface area contributed by atoms with Gasteiger partial charge in [-0.3, -0.25) is 5.01 Å². The van der Waals surface area contributed by atoms with E-state index < -0.39 is 0 Å². The summed E-state index contributed by atoms with van der Waals surface area (Å²) in [5, 5.41) is 6.81. The van der Waals surface area contributed by atoms with Crippen molar-refractivity contribution in [3.8, 4) is 11.5 Å². The van der Waals surface area contributed by atoms with Crippen LogP contribution in [0.2, 0.25) is 0 Å². The number of piperazine rings is 1. The smallest absolute Gasteiger partial charge is 0.131 e. The number of benzene rings is 2. The standard InChI is InChI=1S/C22H29N3O2/c1-17-5-6-20(18(2)13-17)16-24-9-11-25(12-10-24)23-15-19-7-8-21(26-3)14-22(19)27-4/h5-8,13-15H,9-12,16H2,1-4H3/p+1. The maximum atomic E-state index is 5.44. The van der Waals surface area contributed by atoms with E-state index in [4.69, 9.17) is 9.47 Å². The molecule has 1 aliphatic heterocycles. The summed E-state index contributed by atoms with van der Waals surface area (Å²) in [5.74, 6) is 1.56. The third kappa shape index (κ3) is 5.01. The number of aryl methyl sites for hydroxylation is 2. The van der Waals surface area contributed by atoms with Crippen molar-refractivity contribution in [3.63, 3.8) is 0 Å².